The molecule has 0 radical (unpaired) electrons. The van der Waals surface area contributed by atoms with E-state index in [2.05, 4.69) is 57.3 Å². The van der Waals surface area contributed by atoms with Crippen LogP contribution >= 0.6 is 0 Å². The molecule has 0 saturated carbocycles. The number of rotatable bonds is 11. The van der Waals surface area contributed by atoms with E-state index < -0.39 is 6.04 Å². The Kier molecular flexibility index (Phi) is 10.4. The second-order valence-electron chi connectivity index (χ2n) is 11.5. The van der Waals surface area contributed by atoms with Gasteiger partial charge in [0.1, 0.15) is 0 Å². The Hall–Kier alpha value is -4.21. The lowest BCUT2D eigenvalue weighted by atomic mass is 9.90. The number of nitrogens with two attached hydrogens (primary N) is 2. The van der Waals surface area contributed by atoms with Crippen LogP contribution in [-0.4, -0.2) is 67.0 Å². The summed E-state index contributed by atoms with van der Waals surface area (Å²) in [4.78, 5) is 33.3. The zero-order valence-corrected chi connectivity index (χ0v) is 24.6. The molecule has 3 atom stereocenters. The molecule has 3 aromatic rings. The molecule has 2 aliphatic rings. The number of amides is 2. The van der Waals surface area contributed by atoms with Gasteiger partial charge >= 0.3 is 0 Å². The standard InChI is InChI=1S/C34H43N7O2/c35-34(36)37-18-9-16-30-33(43)41(23-29(24-10-3-1-4-11-24)25-12-5-2-6-13-25)19-17-28(40-30)22-39-32(42)31-20-26-14-7-8-15-27(26)21-38-31/h1-8,10-15,28-31,38,40H,9,16-23H2,(H,39,42)(H4,35,36,37)/t28-,30-,31-/m0/s1. The van der Waals surface area contributed by atoms with E-state index in [1.54, 1.807) is 0 Å². The normalized spacial score (nSPS) is 20.3. The molecule has 0 unspecified atom stereocenters. The van der Waals surface area contributed by atoms with Gasteiger partial charge in [-0.3, -0.25) is 14.6 Å². The van der Waals surface area contributed by atoms with Crippen molar-refractivity contribution in [3.63, 3.8) is 0 Å². The lowest BCUT2D eigenvalue weighted by molar-refractivity contribution is -0.133. The van der Waals surface area contributed by atoms with E-state index in [1.165, 1.54) is 22.3 Å². The monoisotopic (exact) mass is 581 g/mol. The summed E-state index contributed by atoms with van der Waals surface area (Å²) in [7, 11) is 0. The first-order valence-corrected chi connectivity index (χ1v) is 15.3. The number of carbonyl (C=O) groups is 2. The van der Waals surface area contributed by atoms with E-state index in [9.17, 15) is 9.59 Å². The second-order valence-corrected chi connectivity index (χ2v) is 11.5. The van der Waals surface area contributed by atoms with Crippen molar-refractivity contribution in [1.82, 2.24) is 20.9 Å². The van der Waals surface area contributed by atoms with E-state index in [0.717, 1.165) is 6.42 Å². The third kappa shape index (κ3) is 8.21. The van der Waals surface area contributed by atoms with E-state index >= 15 is 0 Å². The zero-order chi connectivity index (χ0) is 30.0. The van der Waals surface area contributed by atoms with E-state index in [0.29, 0.717) is 52.0 Å². The SMILES string of the molecule is NC(N)=NCCC[C@@H]1N[C@H](CNC(=O)[C@@H]2Cc3ccccc3CN2)CCN(CC(c2ccccc2)c2ccccc2)C1=O. The van der Waals surface area contributed by atoms with Gasteiger partial charge in [-0.25, -0.2) is 0 Å². The van der Waals surface area contributed by atoms with Gasteiger partial charge in [-0.15, -0.1) is 0 Å². The number of guanidine groups is 1. The molecule has 7 N–H and O–H groups in total. The number of fused-ring (bicyclic) bond motifs is 1. The Balaban J connectivity index is 1.27. The number of hydrogen-bond acceptors (Lipinski definition) is 5. The highest BCUT2D eigenvalue weighted by atomic mass is 16.2. The topological polar surface area (TPSA) is 138 Å². The number of hydrogen-bond donors (Lipinski definition) is 5. The summed E-state index contributed by atoms with van der Waals surface area (Å²) in [5.74, 6) is 0.155. The lowest BCUT2D eigenvalue weighted by Gasteiger charge is -2.29. The highest BCUT2D eigenvalue weighted by Gasteiger charge is 2.33. The molecule has 9 heteroatoms. The van der Waals surface area contributed by atoms with Crippen LogP contribution in [0.4, 0.5) is 0 Å². The summed E-state index contributed by atoms with van der Waals surface area (Å²) < 4.78 is 0. The van der Waals surface area contributed by atoms with Crippen molar-refractivity contribution in [2.75, 3.05) is 26.2 Å². The van der Waals surface area contributed by atoms with Crippen LogP contribution in [0.3, 0.4) is 0 Å². The quantitative estimate of drug-likeness (QED) is 0.134. The maximum Gasteiger partial charge on any atom is 0.239 e. The van der Waals surface area contributed by atoms with Gasteiger partial charge < -0.3 is 32.3 Å². The molecule has 2 heterocycles. The molecule has 0 aromatic heterocycles. The van der Waals surface area contributed by atoms with Crippen molar-refractivity contribution in [3.8, 4) is 0 Å². The fraction of sp³-hybridized carbons (Fsp3) is 0.382. The number of aliphatic imine (C=N–C) groups is 1. The summed E-state index contributed by atoms with van der Waals surface area (Å²) in [5, 5.41) is 10.1. The highest BCUT2D eigenvalue weighted by Crippen LogP contribution is 2.27. The number of nitrogens with one attached hydrogen (secondary N) is 3. The van der Waals surface area contributed by atoms with Crippen molar-refractivity contribution in [3.05, 3.63) is 107 Å². The van der Waals surface area contributed by atoms with Crippen LogP contribution in [0.5, 0.6) is 0 Å². The van der Waals surface area contributed by atoms with Crippen LogP contribution in [0.15, 0.2) is 89.9 Å². The molecule has 2 amide bonds. The summed E-state index contributed by atoms with van der Waals surface area (Å²) >= 11 is 0. The Labute approximate surface area is 254 Å². The Morgan fingerprint density at radius 1 is 0.953 bits per heavy atom. The van der Waals surface area contributed by atoms with Crippen molar-refractivity contribution >= 4 is 17.8 Å². The Morgan fingerprint density at radius 2 is 1.60 bits per heavy atom. The van der Waals surface area contributed by atoms with Crippen LogP contribution in [0.2, 0.25) is 0 Å². The van der Waals surface area contributed by atoms with Crippen LogP contribution in [-0.2, 0) is 22.6 Å². The maximum atomic E-state index is 14.0. The summed E-state index contributed by atoms with van der Waals surface area (Å²) in [6.07, 6.45) is 2.66. The Morgan fingerprint density at radius 3 is 2.28 bits per heavy atom. The van der Waals surface area contributed by atoms with Gasteiger partial charge in [0.05, 0.1) is 12.1 Å². The second kappa shape index (κ2) is 14.8. The van der Waals surface area contributed by atoms with Gasteiger partial charge in [0.25, 0.3) is 0 Å². The van der Waals surface area contributed by atoms with Gasteiger partial charge in [-0.1, -0.05) is 84.9 Å². The molecule has 1 fully saturated rings. The molecule has 1 saturated heterocycles. The largest absolute Gasteiger partial charge is 0.370 e. The molecule has 226 valence electrons. The molecule has 9 nitrogen and oxygen atoms in total. The summed E-state index contributed by atoms with van der Waals surface area (Å²) in [6.45, 7) is 2.76. The summed E-state index contributed by atoms with van der Waals surface area (Å²) in [6, 6.07) is 28.2. The van der Waals surface area contributed by atoms with Crippen LogP contribution in [0.1, 0.15) is 47.4 Å². The van der Waals surface area contributed by atoms with Crippen molar-refractivity contribution in [2.24, 2.45) is 16.5 Å². The molecule has 0 aliphatic carbocycles. The number of nitrogens with zero attached hydrogens (tertiary/aromatic N) is 2. The third-order valence-electron chi connectivity index (χ3n) is 8.47. The first kappa shape index (κ1) is 30.3. The molecule has 0 spiro atoms. The van der Waals surface area contributed by atoms with E-state index in [4.69, 9.17) is 11.5 Å². The molecule has 2 aliphatic heterocycles. The molecule has 43 heavy (non-hydrogen) atoms. The predicted octanol–water partition coefficient (Wildman–Crippen LogP) is 2.26. The van der Waals surface area contributed by atoms with Crippen LogP contribution in [0.25, 0.3) is 0 Å². The molecular formula is C34H43N7O2. The first-order chi connectivity index (χ1) is 21.0. The van der Waals surface area contributed by atoms with Gasteiger partial charge in [0.15, 0.2) is 5.96 Å². The minimum absolute atomic E-state index is 0.0127. The van der Waals surface area contributed by atoms with Crippen molar-refractivity contribution < 1.29 is 9.59 Å². The zero-order valence-electron chi connectivity index (χ0n) is 24.6. The molecule has 3 aromatic carbocycles. The van der Waals surface area contributed by atoms with Crippen LogP contribution < -0.4 is 27.4 Å². The minimum atomic E-state index is -0.398. The molecule has 5 rings (SSSR count). The maximum absolute atomic E-state index is 14.0. The predicted molar refractivity (Wildman–Crippen MR) is 170 cm³/mol. The van der Waals surface area contributed by atoms with E-state index in [1.807, 2.05) is 53.4 Å². The third-order valence-corrected chi connectivity index (χ3v) is 8.47. The Bertz CT molecular complexity index is 1340. The number of carbonyl (C=O) groups excluding carboxylic acids is 2. The van der Waals surface area contributed by atoms with Gasteiger partial charge in [0, 0.05) is 44.7 Å². The highest BCUT2D eigenvalue weighted by molar-refractivity contribution is 5.83. The van der Waals surface area contributed by atoms with Gasteiger partial charge in [0.2, 0.25) is 11.8 Å². The van der Waals surface area contributed by atoms with Gasteiger partial charge in [-0.2, -0.15) is 0 Å². The van der Waals surface area contributed by atoms with Gasteiger partial charge in [-0.05, 0) is 47.9 Å². The van der Waals surface area contributed by atoms with Crippen molar-refractivity contribution in [1.29, 1.82) is 0 Å². The molecular weight excluding hydrogens is 538 g/mol. The first-order valence-electron chi connectivity index (χ1n) is 15.3. The van der Waals surface area contributed by atoms with Crippen molar-refractivity contribution in [2.45, 2.75) is 56.3 Å². The fourth-order valence-corrected chi connectivity index (χ4v) is 6.12. The lowest BCUT2D eigenvalue weighted by Crippen LogP contribution is -2.52. The average Bonchev–Trinajstić information content (AvgIpc) is 3.19. The fourth-order valence-electron chi connectivity index (χ4n) is 6.12. The smallest absolute Gasteiger partial charge is 0.239 e. The summed E-state index contributed by atoms with van der Waals surface area (Å²) in [5.41, 5.74) is 15.8. The molecule has 0 bridgehead atoms. The van der Waals surface area contributed by atoms with Crippen LogP contribution in [0, 0.1) is 0 Å². The van der Waals surface area contributed by atoms with E-state index in [-0.39, 0.29) is 35.8 Å². The number of benzene rings is 3. The minimum Gasteiger partial charge on any atom is -0.370 e. The average molecular weight is 582 g/mol.